The van der Waals surface area contributed by atoms with Crippen LogP contribution in [-0.2, 0) is 67.9 Å². The summed E-state index contributed by atoms with van der Waals surface area (Å²) < 4.78 is 0. The molecule has 0 atom stereocenters. The van der Waals surface area contributed by atoms with Crippen LogP contribution >= 0.6 is 0 Å². The molecule has 6 heteroatoms. The Hall–Kier alpha value is 1.45. The van der Waals surface area contributed by atoms with Gasteiger partial charge in [-0.25, -0.2) is 0 Å². The maximum Gasteiger partial charge on any atom is 3.00 e. The zero-order valence-corrected chi connectivity index (χ0v) is 5.92. The normalized spacial score (nSPS) is 0. The fourth-order valence-electron chi connectivity index (χ4n) is 0. The van der Waals surface area contributed by atoms with Crippen LogP contribution in [0.1, 0.15) is 0 Å². The maximum absolute atomic E-state index is 0. The van der Waals surface area contributed by atoms with Crippen LogP contribution in [0.3, 0.4) is 0 Å². The summed E-state index contributed by atoms with van der Waals surface area (Å²) in [5.74, 6) is 0. The van der Waals surface area contributed by atoms with Crippen molar-refractivity contribution in [1.29, 1.82) is 0 Å². The van der Waals surface area contributed by atoms with E-state index in [2.05, 4.69) is 0 Å². The molecule has 0 fully saturated rings. The average Bonchev–Trinajstić information content (AvgIpc) is 0. The summed E-state index contributed by atoms with van der Waals surface area (Å²) in [5.41, 5.74) is 0. The minimum absolute atomic E-state index is 0. The quantitative estimate of drug-likeness (QED) is 0.489. The molecule has 0 aromatic carbocycles. The number of hydrogen-bond acceptors (Lipinski definition) is 0. The second-order valence-corrected chi connectivity index (χ2v) is 0. The number of hydrogen-bond donors (Lipinski definition) is 0. The van der Waals surface area contributed by atoms with Crippen LogP contribution in [0, 0.1) is 0 Å². The topological polar surface area (TPSA) is 85.5 Å². The van der Waals surface area contributed by atoms with Gasteiger partial charge in [-0.1, -0.05) is 0 Å². The van der Waals surface area contributed by atoms with Crippen molar-refractivity contribution in [2.45, 2.75) is 0 Å². The first kappa shape index (κ1) is 147. The summed E-state index contributed by atoms with van der Waals surface area (Å²) in [6.45, 7) is 0. The van der Waals surface area contributed by atoms with Crippen LogP contribution in [0.2, 0.25) is 0 Å². The van der Waals surface area contributed by atoms with Gasteiger partial charge in [-0.15, -0.1) is 0 Å². The molecule has 0 aromatic heterocycles. The molecule has 0 amide bonds. The summed E-state index contributed by atoms with van der Waals surface area (Å²) in [7, 11) is 0. The van der Waals surface area contributed by atoms with Crippen LogP contribution in [-0.4, -0.2) is 0 Å². The van der Waals surface area contributed by atoms with Crippen molar-refractivity contribution in [3.8, 4) is 0 Å². The summed E-state index contributed by atoms with van der Waals surface area (Å²) in [6, 6.07) is 0. The van der Waals surface area contributed by atoms with Gasteiger partial charge in [0.25, 0.3) is 0 Å². The van der Waals surface area contributed by atoms with Crippen LogP contribution in [0.15, 0.2) is 0 Å². The first-order valence-electron chi connectivity index (χ1n) is 0. The largest absolute Gasteiger partial charge is 3.00 e. The molecule has 0 saturated heterocycles. The average molecular weight is 211 g/mol. The monoisotopic (exact) mass is 211 g/mol. The third-order valence-corrected chi connectivity index (χ3v) is 0. The summed E-state index contributed by atoms with van der Waals surface area (Å²) in [6.07, 6.45) is 0. The van der Waals surface area contributed by atoms with E-state index in [0.29, 0.717) is 0 Å². The molecule has 0 unspecified atom stereocenters. The van der Waals surface area contributed by atoms with E-state index >= 15 is 0 Å². The predicted octanol–water partition coefficient (Wildman–Crippen LogP) is -0.364. The molecule has 0 saturated carbocycles. The molecule has 0 spiro atoms. The zero-order chi connectivity index (χ0) is 0. The Bertz CT molecular complexity index is 10.8. The molecular formula is CrFeMnO3+. The van der Waals surface area contributed by atoms with E-state index < -0.39 is 0 Å². The fourth-order valence-corrected chi connectivity index (χ4v) is 0. The Labute approximate surface area is 67.9 Å². The van der Waals surface area contributed by atoms with Crippen LogP contribution in [0.5, 0.6) is 0 Å². The fraction of sp³-hybridized carbons (Fsp3) is 0. The molecular weight excluding hydrogens is 211 g/mol. The molecule has 0 bridgehead atoms. The van der Waals surface area contributed by atoms with Crippen molar-refractivity contribution >= 4 is 0 Å². The van der Waals surface area contributed by atoms with Gasteiger partial charge < -0.3 is 16.4 Å². The van der Waals surface area contributed by atoms with Gasteiger partial charge in [0, 0.05) is 0 Å². The molecule has 0 aliphatic rings. The molecule has 6 heavy (non-hydrogen) atoms. The number of rotatable bonds is 0. The van der Waals surface area contributed by atoms with E-state index in [-0.39, 0.29) is 67.9 Å². The maximum atomic E-state index is 0. The SMILES string of the molecule is [Cr+3].[Fe+2].[Mn+2].[O-2].[O-2].[O-2]. The van der Waals surface area contributed by atoms with Crippen molar-refractivity contribution in [1.82, 2.24) is 0 Å². The van der Waals surface area contributed by atoms with E-state index in [9.17, 15) is 0 Å². The first-order valence-corrected chi connectivity index (χ1v) is 0. The van der Waals surface area contributed by atoms with Crippen molar-refractivity contribution in [3.05, 3.63) is 0 Å². The molecule has 0 N–H and O–H groups in total. The van der Waals surface area contributed by atoms with Gasteiger partial charge in [-0.3, -0.25) is 0 Å². The Balaban J connectivity index is 0. The van der Waals surface area contributed by atoms with E-state index in [0.717, 1.165) is 0 Å². The van der Waals surface area contributed by atoms with Gasteiger partial charge in [0.05, 0.1) is 0 Å². The van der Waals surface area contributed by atoms with Crippen LogP contribution < -0.4 is 0 Å². The molecule has 0 aliphatic carbocycles. The summed E-state index contributed by atoms with van der Waals surface area (Å²) >= 11 is 0. The van der Waals surface area contributed by atoms with E-state index in [1.807, 2.05) is 0 Å². The molecule has 0 heterocycles. The zero-order valence-electron chi connectivity index (χ0n) is 2.36. The van der Waals surface area contributed by atoms with E-state index in [1.165, 1.54) is 0 Å². The second-order valence-electron chi connectivity index (χ2n) is 0. The minimum atomic E-state index is 0. The third kappa shape index (κ3) is 51.3. The Morgan fingerprint density at radius 2 is 0.667 bits per heavy atom. The third-order valence-electron chi connectivity index (χ3n) is 0. The van der Waals surface area contributed by atoms with Crippen molar-refractivity contribution in [2.75, 3.05) is 0 Å². The van der Waals surface area contributed by atoms with E-state index in [1.54, 1.807) is 0 Å². The molecule has 0 aliphatic heterocycles. The van der Waals surface area contributed by atoms with Crippen LogP contribution in [0.25, 0.3) is 0 Å². The smallest absolute Gasteiger partial charge is 2.00 e. The van der Waals surface area contributed by atoms with Crippen molar-refractivity contribution < 1.29 is 67.9 Å². The molecule has 0 rings (SSSR count). The minimum Gasteiger partial charge on any atom is -2.00 e. The first-order chi connectivity index (χ1) is 0. The van der Waals surface area contributed by atoms with Gasteiger partial charge in [0.2, 0.25) is 0 Å². The Kier molecular flexibility index (Phi) is 2230. The predicted molar refractivity (Wildman–Crippen MR) is 2.06 cm³/mol. The standard InChI is InChI=1S/Cr.Fe.Mn.3O/q+3;2*+2;3*-2. The van der Waals surface area contributed by atoms with Crippen molar-refractivity contribution in [2.24, 2.45) is 0 Å². The van der Waals surface area contributed by atoms with Crippen LogP contribution in [0.4, 0.5) is 0 Å². The molecule has 0 aromatic rings. The van der Waals surface area contributed by atoms with E-state index in [4.69, 9.17) is 0 Å². The molecule has 38 valence electrons. The Morgan fingerprint density at radius 3 is 0.667 bits per heavy atom. The van der Waals surface area contributed by atoms with Gasteiger partial charge in [-0.2, -0.15) is 0 Å². The summed E-state index contributed by atoms with van der Waals surface area (Å²) in [5, 5.41) is 0. The molecule has 3 nitrogen and oxygen atoms in total. The van der Waals surface area contributed by atoms with Gasteiger partial charge in [0.15, 0.2) is 0 Å². The molecule has 2 radical (unpaired) electrons. The van der Waals surface area contributed by atoms with Gasteiger partial charge in [-0.05, 0) is 0 Å². The Morgan fingerprint density at radius 1 is 0.667 bits per heavy atom. The second kappa shape index (κ2) is 91.0. The van der Waals surface area contributed by atoms with Crippen molar-refractivity contribution in [3.63, 3.8) is 0 Å². The summed E-state index contributed by atoms with van der Waals surface area (Å²) in [4.78, 5) is 0. The van der Waals surface area contributed by atoms with Gasteiger partial charge in [0.1, 0.15) is 0 Å². The van der Waals surface area contributed by atoms with Gasteiger partial charge >= 0.3 is 51.5 Å².